The molecule has 26 heavy (non-hydrogen) atoms. The molecule has 1 aromatic carbocycles. The molecule has 0 saturated heterocycles. The van der Waals surface area contributed by atoms with Crippen molar-refractivity contribution in [1.82, 2.24) is 5.32 Å². The Morgan fingerprint density at radius 2 is 1.65 bits per heavy atom. The van der Waals surface area contributed by atoms with Crippen LogP contribution in [0, 0.1) is 17.8 Å². The van der Waals surface area contributed by atoms with Crippen LogP contribution in [0.4, 0.5) is 0 Å². The molecule has 0 spiro atoms. The second kappa shape index (κ2) is 7.60. The number of hydrogen-bond donors (Lipinski definition) is 1. The van der Waals surface area contributed by atoms with Crippen molar-refractivity contribution in [2.24, 2.45) is 17.8 Å². The Hall–Kier alpha value is -1.54. The van der Waals surface area contributed by atoms with E-state index >= 15 is 0 Å². The van der Waals surface area contributed by atoms with Gasteiger partial charge in [0.25, 0.3) is 0 Å². The van der Waals surface area contributed by atoms with Gasteiger partial charge in [-0.05, 0) is 93.4 Å². The van der Waals surface area contributed by atoms with E-state index in [0.717, 1.165) is 30.0 Å². The van der Waals surface area contributed by atoms with Crippen LogP contribution in [0.2, 0.25) is 0 Å². The van der Waals surface area contributed by atoms with Crippen molar-refractivity contribution in [2.75, 3.05) is 6.61 Å². The van der Waals surface area contributed by atoms with E-state index < -0.39 is 0 Å². The van der Waals surface area contributed by atoms with E-state index in [9.17, 15) is 0 Å². The Kier molecular flexibility index (Phi) is 5.22. The highest BCUT2D eigenvalue weighted by Gasteiger charge is 2.50. The number of ether oxygens (including phenoxy) is 1. The van der Waals surface area contributed by atoms with Gasteiger partial charge in [0.1, 0.15) is 12.4 Å². The Morgan fingerprint density at radius 3 is 2.19 bits per heavy atom. The van der Waals surface area contributed by atoms with Gasteiger partial charge in [0, 0.05) is 12.1 Å². The maximum Gasteiger partial charge on any atom is 0.119 e. The lowest BCUT2D eigenvalue weighted by Crippen LogP contribution is -2.58. The number of hydrogen-bond acceptors (Lipinski definition) is 2. The molecule has 2 heteroatoms. The second-order valence-electron chi connectivity index (χ2n) is 8.85. The maximum atomic E-state index is 5.91. The average Bonchev–Trinajstić information content (AvgIpc) is 2.63. The SMILES string of the molecule is CC=CC(=CC)COc1ccc(CNC23CC4CC(CC(C4)C2)C3)cc1. The predicted octanol–water partition coefficient (Wildman–Crippen LogP) is 5.65. The molecule has 1 aromatic rings. The molecular weight excluding hydrogens is 318 g/mol. The molecule has 4 saturated carbocycles. The first-order chi connectivity index (χ1) is 12.7. The molecule has 4 bridgehead atoms. The van der Waals surface area contributed by atoms with Crippen molar-refractivity contribution >= 4 is 0 Å². The third-order valence-corrected chi connectivity index (χ3v) is 6.79. The van der Waals surface area contributed by atoms with Crippen molar-refractivity contribution in [2.45, 2.75) is 64.5 Å². The third kappa shape index (κ3) is 3.91. The first kappa shape index (κ1) is 17.9. The summed E-state index contributed by atoms with van der Waals surface area (Å²) in [6.45, 7) is 5.71. The Bertz CT molecular complexity index is 635. The number of nitrogens with one attached hydrogen (secondary N) is 1. The monoisotopic (exact) mass is 351 g/mol. The topological polar surface area (TPSA) is 21.3 Å². The zero-order chi connectivity index (χ0) is 18.0. The molecular formula is C24H33NO. The van der Waals surface area contributed by atoms with Crippen LogP contribution in [0.3, 0.4) is 0 Å². The Labute approximate surface area is 158 Å². The minimum Gasteiger partial charge on any atom is -0.489 e. The van der Waals surface area contributed by atoms with Gasteiger partial charge in [0.2, 0.25) is 0 Å². The zero-order valence-electron chi connectivity index (χ0n) is 16.3. The van der Waals surface area contributed by atoms with Crippen LogP contribution in [0.5, 0.6) is 5.75 Å². The molecule has 4 aliphatic rings. The van der Waals surface area contributed by atoms with Crippen LogP contribution in [0.1, 0.15) is 57.9 Å². The summed E-state index contributed by atoms with van der Waals surface area (Å²) >= 11 is 0. The lowest BCUT2D eigenvalue weighted by Gasteiger charge is -2.57. The molecule has 1 N–H and O–H groups in total. The minimum atomic E-state index is 0.442. The smallest absolute Gasteiger partial charge is 0.119 e. The summed E-state index contributed by atoms with van der Waals surface area (Å²) in [4.78, 5) is 0. The van der Waals surface area contributed by atoms with Crippen LogP contribution >= 0.6 is 0 Å². The summed E-state index contributed by atoms with van der Waals surface area (Å²) in [7, 11) is 0. The molecule has 4 fully saturated rings. The molecule has 2 nitrogen and oxygen atoms in total. The lowest BCUT2D eigenvalue weighted by molar-refractivity contribution is -0.0206. The average molecular weight is 352 g/mol. The number of rotatable bonds is 7. The number of benzene rings is 1. The normalized spacial score (nSPS) is 33.2. The highest BCUT2D eigenvalue weighted by Crippen LogP contribution is 2.55. The summed E-state index contributed by atoms with van der Waals surface area (Å²) in [5, 5.41) is 3.98. The van der Waals surface area contributed by atoms with Gasteiger partial charge in [0.15, 0.2) is 0 Å². The van der Waals surface area contributed by atoms with Gasteiger partial charge in [-0.2, -0.15) is 0 Å². The van der Waals surface area contributed by atoms with E-state index in [4.69, 9.17) is 4.74 Å². The first-order valence-electron chi connectivity index (χ1n) is 10.4. The van der Waals surface area contributed by atoms with E-state index in [1.54, 1.807) is 0 Å². The molecule has 0 aromatic heterocycles. The minimum absolute atomic E-state index is 0.442. The lowest BCUT2D eigenvalue weighted by atomic mass is 9.53. The fourth-order valence-electron chi connectivity index (χ4n) is 5.93. The fourth-order valence-corrected chi connectivity index (χ4v) is 5.93. The van der Waals surface area contributed by atoms with Crippen molar-refractivity contribution in [3.05, 3.63) is 53.6 Å². The molecule has 0 unspecified atom stereocenters. The standard InChI is InChI=1S/C24H33NO/c1-3-5-18(4-2)17-26-23-8-6-19(7-9-23)16-25-24-13-20-10-21(14-24)12-22(11-20)15-24/h3-9,20-22,25H,10-17H2,1-2H3. The van der Waals surface area contributed by atoms with E-state index in [1.165, 1.54) is 49.7 Å². The van der Waals surface area contributed by atoms with E-state index in [0.29, 0.717) is 12.1 Å². The van der Waals surface area contributed by atoms with Crippen LogP contribution in [0.15, 0.2) is 48.1 Å². The van der Waals surface area contributed by atoms with Crippen LogP contribution in [-0.2, 0) is 6.54 Å². The van der Waals surface area contributed by atoms with Gasteiger partial charge in [-0.25, -0.2) is 0 Å². The van der Waals surface area contributed by atoms with E-state index in [-0.39, 0.29) is 0 Å². The van der Waals surface area contributed by atoms with Gasteiger partial charge in [-0.1, -0.05) is 30.4 Å². The molecule has 0 heterocycles. The van der Waals surface area contributed by atoms with Crippen molar-refractivity contribution in [1.29, 1.82) is 0 Å². The predicted molar refractivity (Wildman–Crippen MR) is 108 cm³/mol. The Balaban J connectivity index is 1.31. The van der Waals surface area contributed by atoms with Gasteiger partial charge >= 0.3 is 0 Å². The zero-order valence-corrected chi connectivity index (χ0v) is 16.3. The summed E-state index contributed by atoms with van der Waals surface area (Å²) in [6.07, 6.45) is 15.0. The van der Waals surface area contributed by atoms with E-state index in [1.807, 2.05) is 6.92 Å². The summed E-state index contributed by atoms with van der Waals surface area (Å²) in [6, 6.07) is 8.65. The third-order valence-electron chi connectivity index (χ3n) is 6.79. The van der Waals surface area contributed by atoms with Gasteiger partial charge in [0.05, 0.1) is 0 Å². The second-order valence-corrected chi connectivity index (χ2v) is 8.85. The highest BCUT2D eigenvalue weighted by atomic mass is 16.5. The first-order valence-corrected chi connectivity index (χ1v) is 10.4. The van der Waals surface area contributed by atoms with Crippen molar-refractivity contribution in [3.63, 3.8) is 0 Å². The molecule has 4 aliphatic carbocycles. The fraction of sp³-hybridized carbons (Fsp3) is 0.583. The number of allylic oxidation sites excluding steroid dienone is 2. The summed E-state index contributed by atoms with van der Waals surface area (Å²) in [5.41, 5.74) is 3.02. The highest BCUT2D eigenvalue weighted by molar-refractivity contribution is 5.29. The van der Waals surface area contributed by atoms with Gasteiger partial charge in [-0.3, -0.25) is 0 Å². The van der Waals surface area contributed by atoms with Crippen LogP contribution in [0.25, 0.3) is 0 Å². The molecule has 5 rings (SSSR count). The summed E-state index contributed by atoms with van der Waals surface area (Å²) in [5.74, 6) is 3.96. The maximum absolute atomic E-state index is 5.91. The van der Waals surface area contributed by atoms with Crippen molar-refractivity contribution in [3.8, 4) is 5.75 Å². The van der Waals surface area contributed by atoms with Crippen LogP contribution < -0.4 is 10.1 Å². The molecule has 0 radical (unpaired) electrons. The Morgan fingerprint density at radius 1 is 1.04 bits per heavy atom. The van der Waals surface area contributed by atoms with Crippen molar-refractivity contribution < 1.29 is 4.74 Å². The molecule has 0 atom stereocenters. The quantitative estimate of drug-likeness (QED) is 0.641. The van der Waals surface area contributed by atoms with Gasteiger partial charge in [-0.15, -0.1) is 0 Å². The summed E-state index contributed by atoms with van der Waals surface area (Å²) < 4.78 is 5.91. The molecule has 0 aliphatic heterocycles. The van der Waals surface area contributed by atoms with E-state index in [2.05, 4.69) is 54.7 Å². The van der Waals surface area contributed by atoms with Gasteiger partial charge < -0.3 is 10.1 Å². The van der Waals surface area contributed by atoms with Crippen LogP contribution in [-0.4, -0.2) is 12.1 Å². The molecule has 0 amide bonds. The largest absolute Gasteiger partial charge is 0.489 e. The molecule has 140 valence electrons.